The first-order valence-corrected chi connectivity index (χ1v) is 24.8. The van der Waals surface area contributed by atoms with Gasteiger partial charge in [0.15, 0.2) is 0 Å². The molecule has 354 valence electrons. The van der Waals surface area contributed by atoms with Crippen LogP contribution in [0.5, 0.6) is 0 Å². The van der Waals surface area contributed by atoms with E-state index in [9.17, 15) is 0 Å². The van der Waals surface area contributed by atoms with Gasteiger partial charge < -0.3 is 14.9 Å². The summed E-state index contributed by atoms with van der Waals surface area (Å²) in [6.07, 6.45) is 32.6. The zero-order valence-corrected chi connectivity index (χ0v) is 41.0. The Morgan fingerprint density at radius 3 is 1.78 bits per heavy atom. The molecule has 9 heterocycles. The minimum atomic E-state index is 0.576. The fourth-order valence-electron chi connectivity index (χ4n) is 10.6. The standard InChI is InChI=1S/C63H52N10/c1-5-8-14-46-41(4)70(58-26-30-65-37-50(46)58)45-34-54(69-63(36-45)73-57-19-13-11-17-49(57)53-40-68-33-29-61(53)73)43-23-20-42(21-24-43)22-25-44(71-55(7-3)47(15-9-6-2)51-38-66-31-27-59(51)71)35-62(64)72-56-18-12-10-16-48(56)52-39-67-32-28-60(52)72/h7-21,23-40H,3,5-6,22,64H2,1-2,4H3/b14-8-,15-9-,44-25+,62-35+. The van der Waals surface area contributed by atoms with Crippen LogP contribution in [0.3, 0.4) is 0 Å². The normalized spacial score (nSPS) is 12.6. The van der Waals surface area contributed by atoms with E-state index in [0.717, 1.165) is 135 Å². The van der Waals surface area contributed by atoms with Crippen molar-refractivity contribution in [2.45, 2.75) is 40.0 Å². The summed E-state index contributed by atoms with van der Waals surface area (Å²) in [5.41, 5.74) is 22.7. The molecule has 73 heavy (non-hydrogen) atoms. The van der Waals surface area contributed by atoms with Crippen LogP contribution in [-0.4, -0.2) is 43.2 Å². The quantitative estimate of drug-likeness (QED) is 0.115. The summed E-state index contributed by atoms with van der Waals surface area (Å²) >= 11 is 0. The van der Waals surface area contributed by atoms with E-state index < -0.39 is 0 Å². The fourth-order valence-corrected chi connectivity index (χ4v) is 10.6. The summed E-state index contributed by atoms with van der Waals surface area (Å²) in [7, 11) is 0. The summed E-state index contributed by atoms with van der Waals surface area (Å²) in [6, 6.07) is 38.3. The van der Waals surface area contributed by atoms with Gasteiger partial charge in [0.05, 0.1) is 50.2 Å². The van der Waals surface area contributed by atoms with Gasteiger partial charge in [-0.05, 0) is 80.3 Å². The minimum Gasteiger partial charge on any atom is -0.385 e. The number of allylic oxidation sites excluding steroid dienone is 5. The molecule has 0 aliphatic heterocycles. The van der Waals surface area contributed by atoms with E-state index in [0.29, 0.717) is 12.2 Å². The Morgan fingerprint density at radius 2 is 1.11 bits per heavy atom. The molecule has 12 aromatic rings. The molecule has 0 spiro atoms. The van der Waals surface area contributed by atoms with Crippen LogP contribution >= 0.6 is 0 Å². The molecule has 0 unspecified atom stereocenters. The van der Waals surface area contributed by atoms with Gasteiger partial charge in [-0.2, -0.15) is 0 Å². The summed E-state index contributed by atoms with van der Waals surface area (Å²) in [6.45, 7) is 10.8. The Bertz CT molecular complexity index is 4140. The van der Waals surface area contributed by atoms with Gasteiger partial charge in [-0.1, -0.05) is 111 Å². The molecule has 10 heteroatoms. The van der Waals surface area contributed by atoms with E-state index in [1.54, 1.807) is 0 Å². The molecule has 0 fully saturated rings. The predicted octanol–water partition coefficient (Wildman–Crippen LogP) is 14.8. The lowest BCUT2D eigenvalue weighted by Gasteiger charge is -2.15. The topological polar surface area (TPSA) is 110 Å². The molecule has 0 saturated carbocycles. The molecule has 2 N–H and O–H groups in total. The SMILES string of the molecule is C=Cc1c(/C=C\CC)c2cnccc2n1C(=C/Cc1ccc(-c2cc(-n3c(C)c(/C=C\CC)c4cnccc43)cc(-n3c4ccccc4c4cnccc43)n2)cc1)/C=C(\N)n1c2ccccc2c2cnccc21. The number of hydrogen-bond acceptors (Lipinski definition) is 6. The van der Waals surface area contributed by atoms with Crippen LogP contribution in [0.4, 0.5) is 0 Å². The van der Waals surface area contributed by atoms with Crippen molar-refractivity contribution in [3.63, 3.8) is 0 Å². The maximum absolute atomic E-state index is 7.29. The lowest BCUT2D eigenvalue weighted by Crippen LogP contribution is -2.08. The summed E-state index contributed by atoms with van der Waals surface area (Å²) in [4.78, 5) is 23.6. The maximum atomic E-state index is 7.29. The average molecular weight is 949 g/mol. The average Bonchev–Trinajstić information content (AvgIpc) is 4.15. The van der Waals surface area contributed by atoms with E-state index in [4.69, 9.17) is 10.7 Å². The van der Waals surface area contributed by atoms with Crippen molar-refractivity contribution in [1.82, 2.24) is 43.2 Å². The Kier molecular flexibility index (Phi) is 11.5. The van der Waals surface area contributed by atoms with Gasteiger partial charge >= 0.3 is 0 Å². The van der Waals surface area contributed by atoms with Crippen LogP contribution in [0, 0.1) is 6.92 Å². The lowest BCUT2D eigenvalue weighted by molar-refractivity contribution is 1.01. The first-order valence-electron chi connectivity index (χ1n) is 24.8. The molecular weight excluding hydrogens is 897 g/mol. The van der Waals surface area contributed by atoms with Gasteiger partial charge in [-0.25, -0.2) is 4.98 Å². The molecule has 0 radical (unpaired) electrons. The Hall–Kier alpha value is -9.41. The van der Waals surface area contributed by atoms with Crippen molar-refractivity contribution < 1.29 is 0 Å². The molecule has 0 aliphatic rings. The molecular formula is C63H52N10. The van der Waals surface area contributed by atoms with Crippen LogP contribution in [0.2, 0.25) is 0 Å². The van der Waals surface area contributed by atoms with Gasteiger partial charge in [0, 0.05) is 122 Å². The number of benzene rings is 3. The first-order chi connectivity index (χ1) is 35.9. The Morgan fingerprint density at radius 1 is 0.575 bits per heavy atom. The minimum absolute atomic E-state index is 0.576. The van der Waals surface area contributed by atoms with Crippen LogP contribution in [0.15, 0.2) is 190 Å². The van der Waals surface area contributed by atoms with Crippen molar-refractivity contribution in [3.05, 3.63) is 218 Å². The third-order valence-electron chi connectivity index (χ3n) is 14.0. The second-order valence-electron chi connectivity index (χ2n) is 18.2. The maximum Gasteiger partial charge on any atom is 0.140 e. The highest BCUT2D eigenvalue weighted by atomic mass is 15.1. The van der Waals surface area contributed by atoms with Crippen LogP contribution < -0.4 is 5.73 Å². The Labute approximate surface area is 422 Å². The molecule has 10 nitrogen and oxygen atoms in total. The lowest BCUT2D eigenvalue weighted by atomic mass is 10.1. The van der Waals surface area contributed by atoms with Crippen molar-refractivity contribution >= 4 is 95.2 Å². The summed E-state index contributed by atoms with van der Waals surface area (Å²) < 4.78 is 8.98. The Balaban J connectivity index is 1.01. The smallest absolute Gasteiger partial charge is 0.140 e. The number of para-hydroxylation sites is 2. The van der Waals surface area contributed by atoms with Gasteiger partial charge in [-0.15, -0.1) is 0 Å². The largest absolute Gasteiger partial charge is 0.385 e. The fraction of sp³-hybridized carbons (Fsp3) is 0.0952. The first kappa shape index (κ1) is 44.8. The van der Waals surface area contributed by atoms with Crippen molar-refractivity contribution in [2.24, 2.45) is 5.73 Å². The summed E-state index contributed by atoms with van der Waals surface area (Å²) in [5, 5.41) is 6.47. The third kappa shape index (κ3) is 7.63. The van der Waals surface area contributed by atoms with Gasteiger partial charge in [-0.3, -0.25) is 29.1 Å². The van der Waals surface area contributed by atoms with Crippen molar-refractivity contribution in [3.8, 4) is 22.8 Å². The van der Waals surface area contributed by atoms with E-state index in [2.05, 4.69) is 199 Å². The van der Waals surface area contributed by atoms with E-state index in [1.807, 2.05) is 67.8 Å². The molecule has 0 saturated heterocycles. The molecule has 0 aliphatic carbocycles. The van der Waals surface area contributed by atoms with E-state index in [1.165, 1.54) is 0 Å². The van der Waals surface area contributed by atoms with E-state index in [-0.39, 0.29) is 0 Å². The molecule has 0 atom stereocenters. The number of rotatable bonds is 13. The predicted molar refractivity (Wildman–Crippen MR) is 303 cm³/mol. The monoisotopic (exact) mass is 948 g/mol. The molecule has 0 amide bonds. The second kappa shape index (κ2) is 18.7. The number of hydrogen-bond donors (Lipinski definition) is 1. The van der Waals surface area contributed by atoms with Crippen molar-refractivity contribution in [1.29, 1.82) is 0 Å². The summed E-state index contributed by atoms with van der Waals surface area (Å²) in [5.74, 6) is 1.39. The number of fused-ring (bicyclic) bond motifs is 8. The van der Waals surface area contributed by atoms with Gasteiger partial charge in [0.1, 0.15) is 11.6 Å². The molecule has 0 bridgehead atoms. The number of nitrogens with two attached hydrogens (primary N) is 1. The second-order valence-corrected chi connectivity index (χ2v) is 18.2. The number of aromatic nitrogens is 9. The molecule has 12 rings (SSSR count). The van der Waals surface area contributed by atoms with Crippen LogP contribution in [0.25, 0.3) is 118 Å². The third-order valence-corrected chi connectivity index (χ3v) is 14.0. The van der Waals surface area contributed by atoms with Gasteiger partial charge in [0.25, 0.3) is 0 Å². The van der Waals surface area contributed by atoms with Gasteiger partial charge in [0.2, 0.25) is 0 Å². The zero-order chi connectivity index (χ0) is 49.6. The van der Waals surface area contributed by atoms with Crippen LogP contribution in [0.1, 0.15) is 54.8 Å². The highest BCUT2D eigenvalue weighted by Gasteiger charge is 2.21. The zero-order valence-electron chi connectivity index (χ0n) is 41.0. The molecule has 9 aromatic heterocycles. The highest BCUT2D eigenvalue weighted by Crippen LogP contribution is 2.38. The number of pyridine rings is 5. The van der Waals surface area contributed by atoms with Crippen LogP contribution in [-0.2, 0) is 6.42 Å². The number of nitrogens with zero attached hydrogens (tertiary/aromatic N) is 9. The van der Waals surface area contributed by atoms with E-state index >= 15 is 0 Å². The van der Waals surface area contributed by atoms with Crippen molar-refractivity contribution in [2.75, 3.05) is 0 Å². The molecule has 3 aromatic carbocycles. The highest BCUT2D eigenvalue weighted by molar-refractivity contribution is 6.10.